The molecule has 15 nitrogen and oxygen atoms in total. The van der Waals surface area contributed by atoms with Crippen molar-refractivity contribution in [2.45, 2.75) is 83.3 Å². The second kappa shape index (κ2) is 19.4. The quantitative estimate of drug-likeness (QED) is 0.180. The smallest absolute Gasteiger partial charge is 0.417 e. The number of nitrogens with one attached hydrogen (secondary N) is 2. The number of aromatic amines is 1. The summed E-state index contributed by atoms with van der Waals surface area (Å²) in [4.78, 5) is 78.1. The molecule has 2 aromatic carbocycles. The molecule has 3 aromatic rings. The fourth-order valence-electron chi connectivity index (χ4n) is 9.43. The zero-order valence-electron chi connectivity index (χ0n) is 34.9. The van der Waals surface area contributed by atoms with Crippen LogP contribution in [0.4, 0.5) is 15.3 Å². The van der Waals surface area contributed by atoms with Crippen molar-refractivity contribution in [3.63, 3.8) is 0 Å². The van der Waals surface area contributed by atoms with E-state index in [2.05, 4.69) is 20.1 Å². The molecule has 0 radical (unpaired) electrons. The van der Waals surface area contributed by atoms with Gasteiger partial charge in [0.1, 0.15) is 0 Å². The van der Waals surface area contributed by atoms with Crippen molar-refractivity contribution in [2.24, 2.45) is 11.8 Å². The number of carbonyl (C=O) groups is 4. The average molecular weight is 816 g/mol. The van der Waals surface area contributed by atoms with Gasteiger partial charge in [0.05, 0.1) is 18.5 Å². The third-order valence-corrected chi connectivity index (χ3v) is 12.8. The van der Waals surface area contributed by atoms with E-state index in [1.807, 2.05) is 61.2 Å². The summed E-state index contributed by atoms with van der Waals surface area (Å²) in [5.74, 6) is 0.175. The molecule has 15 heteroatoms. The summed E-state index contributed by atoms with van der Waals surface area (Å²) < 4.78 is 16.9. The Morgan fingerprint density at radius 3 is 2.32 bits per heavy atom. The van der Waals surface area contributed by atoms with Crippen LogP contribution < -0.4 is 11.1 Å². The molecule has 3 saturated heterocycles. The lowest BCUT2D eigenvalue weighted by atomic mass is 9.78. The predicted octanol–water partition coefficient (Wildman–Crippen LogP) is 4.87. The number of rotatable bonds is 13. The fraction of sp³-hybridized carbons (Fsp3) is 0.614. The van der Waals surface area contributed by atoms with Crippen molar-refractivity contribution in [3.8, 4) is 0 Å². The molecule has 59 heavy (non-hydrogen) atoms. The summed E-state index contributed by atoms with van der Waals surface area (Å²) in [6.45, 7) is 8.46. The van der Waals surface area contributed by atoms with Gasteiger partial charge in [-0.05, 0) is 126 Å². The van der Waals surface area contributed by atoms with E-state index in [1.54, 1.807) is 11.0 Å². The largest absolute Gasteiger partial charge is 0.466 e. The molecule has 2 N–H and O–H groups in total. The third kappa shape index (κ3) is 10.8. The molecule has 0 saturated carbocycles. The Morgan fingerprint density at radius 2 is 1.59 bits per heavy atom. The van der Waals surface area contributed by atoms with E-state index in [0.29, 0.717) is 81.5 Å². The SMILES string of the molecule is Cc1cc(C[C@@H](OC(=O)N2CCC(N3CCc4ccccc4NC3=O)CC2)C(=O)N2CCC(C3CCN(CCC(=O)OCCCN(C)C)CC3)CC2)cc2oc(=O)[nH]c12. The van der Waals surface area contributed by atoms with Crippen LogP contribution >= 0.6 is 0 Å². The molecule has 320 valence electrons. The molecular formula is C44H61N7O8. The van der Waals surface area contributed by atoms with Gasteiger partial charge in [-0.1, -0.05) is 24.3 Å². The molecule has 3 fully saturated rings. The van der Waals surface area contributed by atoms with Gasteiger partial charge < -0.3 is 43.7 Å². The van der Waals surface area contributed by atoms with E-state index in [4.69, 9.17) is 13.9 Å². The van der Waals surface area contributed by atoms with Crippen LogP contribution in [-0.2, 0) is 31.9 Å². The van der Waals surface area contributed by atoms with Crippen molar-refractivity contribution >= 4 is 40.8 Å². The number of aromatic nitrogens is 1. The zero-order chi connectivity index (χ0) is 41.5. The number of anilines is 1. The summed E-state index contributed by atoms with van der Waals surface area (Å²) in [5, 5.41) is 3.05. The van der Waals surface area contributed by atoms with Crippen LogP contribution in [0.15, 0.2) is 45.6 Å². The van der Waals surface area contributed by atoms with E-state index in [9.17, 15) is 24.0 Å². The van der Waals surface area contributed by atoms with Crippen molar-refractivity contribution in [2.75, 3.05) is 84.9 Å². The lowest BCUT2D eigenvalue weighted by Gasteiger charge is -2.41. The third-order valence-electron chi connectivity index (χ3n) is 12.8. The molecule has 4 aliphatic heterocycles. The Kier molecular flexibility index (Phi) is 13.9. The molecule has 7 rings (SSSR count). The van der Waals surface area contributed by atoms with Gasteiger partial charge in [0, 0.05) is 64.0 Å². The second-order valence-corrected chi connectivity index (χ2v) is 17.1. The van der Waals surface area contributed by atoms with E-state index in [0.717, 1.165) is 87.1 Å². The van der Waals surface area contributed by atoms with E-state index >= 15 is 0 Å². The Labute approximate surface area is 346 Å². The highest BCUT2D eigenvalue weighted by Gasteiger charge is 2.37. The standard InChI is InChI=1S/C44H61N7O8/c1-30-27-31(28-37-40(30)46-43(55)58-37)29-38(59-44(56)50-23-14-35(15-24-50)51-25-13-34-7-4-5-8-36(34)45-42(51)54)41(53)49-21-11-33(12-22-49)32-9-18-48(19-10-32)20-16-39(52)57-26-6-17-47(2)3/h4-5,7-8,27-28,32-33,35,38H,6,9-26,29H2,1-3H3,(H,45,54)(H,46,55)/t38-/m1/s1. The Morgan fingerprint density at radius 1 is 0.898 bits per heavy atom. The number of carbonyl (C=O) groups excluding carboxylic acids is 4. The van der Waals surface area contributed by atoms with Gasteiger partial charge in [-0.15, -0.1) is 0 Å². The van der Waals surface area contributed by atoms with Gasteiger partial charge in [-0.3, -0.25) is 14.6 Å². The predicted molar refractivity (Wildman–Crippen MR) is 223 cm³/mol. The number of nitrogens with zero attached hydrogens (tertiary/aromatic N) is 5. The highest BCUT2D eigenvalue weighted by molar-refractivity contribution is 5.91. The minimum atomic E-state index is -1.06. The number of hydrogen-bond donors (Lipinski definition) is 2. The monoisotopic (exact) mass is 815 g/mol. The number of aryl methyl sites for hydroxylation is 1. The molecule has 0 bridgehead atoms. The molecule has 1 atom stereocenters. The maximum absolute atomic E-state index is 14.3. The number of amides is 4. The van der Waals surface area contributed by atoms with Gasteiger partial charge in [0.25, 0.3) is 5.91 Å². The molecule has 5 heterocycles. The van der Waals surface area contributed by atoms with E-state index in [-0.39, 0.29) is 30.4 Å². The Hall–Kier alpha value is -4.89. The van der Waals surface area contributed by atoms with Crippen molar-refractivity contribution < 1.29 is 33.1 Å². The lowest BCUT2D eigenvalue weighted by Crippen LogP contribution is -2.52. The minimum Gasteiger partial charge on any atom is -0.466 e. The number of oxazole rings is 1. The molecule has 1 aromatic heterocycles. The van der Waals surface area contributed by atoms with Crippen LogP contribution in [0.3, 0.4) is 0 Å². The van der Waals surface area contributed by atoms with Gasteiger partial charge in [-0.25, -0.2) is 14.4 Å². The number of hydrogen-bond acceptors (Lipinski definition) is 10. The van der Waals surface area contributed by atoms with Crippen molar-refractivity contribution in [3.05, 3.63) is 63.6 Å². The van der Waals surface area contributed by atoms with Crippen LogP contribution in [0.1, 0.15) is 68.1 Å². The number of H-pyrrole nitrogens is 1. The number of likely N-dealkylation sites (tertiary alicyclic amines) is 3. The number of ether oxygens (including phenoxy) is 2. The molecule has 4 amide bonds. The molecule has 0 spiro atoms. The van der Waals surface area contributed by atoms with Crippen LogP contribution in [0.2, 0.25) is 0 Å². The summed E-state index contributed by atoms with van der Waals surface area (Å²) in [7, 11) is 4.02. The molecule has 4 aliphatic rings. The highest BCUT2D eigenvalue weighted by Crippen LogP contribution is 2.33. The number of piperidine rings is 3. The molecular weight excluding hydrogens is 755 g/mol. The van der Waals surface area contributed by atoms with E-state index < -0.39 is 18.0 Å². The van der Waals surface area contributed by atoms with Gasteiger partial charge in [0.15, 0.2) is 11.7 Å². The van der Waals surface area contributed by atoms with Crippen molar-refractivity contribution in [1.82, 2.24) is 29.5 Å². The van der Waals surface area contributed by atoms with Crippen molar-refractivity contribution in [1.29, 1.82) is 0 Å². The second-order valence-electron chi connectivity index (χ2n) is 17.1. The van der Waals surface area contributed by atoms with Crippen LogP contribution in [-0.4, -0.2) is 145 Å². The first-order chi connectivity index (χ1) is 28.5. The summed E-state index contributed by atoms with van der Waals surface area (Å²) in [5.41, 5.74) is 4.48. The first-order valence-corrected chi connectivity index (χ1v) is 21.6. The van der Waals surface area contributed by atoms with Crippen LogP contribution in [0.5, 0.6) is 0 Å². The topological polar surface area (TPSA) is 161 Å². The van der Waals surface area contributed by atoms with Gasteiger partial charge in [-0.2, -0.15) is 0 Å². The zero-order valence-corrected chi connectivity index (χ0v) is 34.9. The van der Waals surface area contributed by atoms with E-state index in [1.165, 1.54) is 0 Å². The average Bonchev–Trinajstić information content (AvgIpc) is 3.53. The number of benzene rings is 2. The van der Waals surface area contributed by atoms with Crippen LogP contribution in [0.25, 0.3) is 11.1 Å². The number of esters is 1. The minimum absolute atomic E-state index is 0.0168. The maximum Gasteiger partial charge on any atom is 0.417 e. The fourth-order valence-corrected chi connectivity index (χ4v) is 9.43. The Bertz CT molecular complexity index is 1990. The number of para-hydroxylation sites is 1. The lowest BCUT2D eigenvalue weighted by molar-refractivity contribution is -0.144. The number of urea groups is 1. The summed E-state index contributed by atoms with van der Waals surface area (Å²) >= 11 is 0. The Balaban J connectivity index is 0.921. The highest BCUT2D eigenvalue weighted by atomic mass is 16.6. The maximum atomic E-state index is 14.3. The van der Waals surface area contributed by atoms with Gasteiger partial charge in [0.2, 0.25) is 0 Å². The number of fused-ring (bicyclic) bond motifs is 2. The normalized spacial score (nSPS) is 19.4. The molecule has 0 aliphatic carbocycles. The molecule has 0 unspecified atom stereocenters. The first-order valence-electron chi connectivity index (χ1n) is 21.6. The summed E-state index contributed by atoms with van der Waals surface area (Å²) in [6.07, 6.45) is 5.68. The first kappa shape index (κ1) is 42.2. The summed E-state index contributed by atoms with van der Waals surface area (Å²) in [6, 6.07) is 11.3. The van der Waals surface area contributed by atoms with Gasteiger partial charge >= 0.3 is 23.8 Å². The van der Waals surface area contributed by atoms with Crippen LogP contribution in [0, 0.1) is 18.8 Å².